The minimum atomic E-state index is -0.349. The number of rotatable bonds is 5. The van der Waals surface area contributed by atoms with Crippen molar-refractivity contribution in [2.75, 3.05) is 18.4 Å². The number of carbonyl (C=O) groups excluding carboxylic acids is 1. The first-order valence-corrected chi connectivity index (χ1v) is 9.08. The number of anilines is 1. The third-order valence-electron chi connectivity index (χ3n) is 3.98. The van der Waals surface area contributed by atoms with Crippen LogP contribution in [0.5, 0.6) is 0 Å². The van der Waals surface area contributed by atoms with Gasteiger partial charge in [-0.2, -0.15) is 0 Å². The van der Waals surface area contributed by atoms with E-state index in [2.05, 4.69) is 31.1 Å². The molecule has 134 valence electrons. The highest BCUT2D eigenvalue weighted by Crippen LogP contribution is 2.19. The minimum Gasteiger partial charge on any atom is -0.465 e. The van der Waals surface area contributed by atoms with Gasteiger partial charge in [0.1, 0.15) is 10.8 Å². The molecular weight excluding hydrogens is 354 g/mol. The molecule has 1 atom stereocenters. The van der Waals surface area contributed by atoms with E-state index in [9.17, 15) is 4.79 Å². The van der Waals surface area contributed by atoms with Crippen LogP contribution in [0.4, 0.5) is 5.13 Å². The van der Waals surface area contributed by atoms with Crippen LogP contribution in [-0.2, 0) is 0 Å². The van der Waals surface area contributed by atoms with Crippen LogP contribution in [0.3, 0.4) is 0 Å². The van der Waals surface area contributed by atoms with Crippen LogP contribution < -0.4 is 10.6 Å². The second-order valence-corrected chi connectivity index (χ2v) is 6.84. The zero-order valence-electron chi connectivity index (χ0n) is 13.8. The van der Waals surface area contributed by atoms with E-state index in [1.807, 2.05) is 12.1 Å². The van der Waals surface area contributed by atoms with Crippen LogP contribution in [0.15, 0.2) is 29.0 Å². The van der Waals surface area contributed by atoms with Gasteiger partial charge in [0.05, 0.1) is 18.5 Å². The number of nitrogens with one attached hydrogen (secondary N) is 2. The van der Waals surface area contributed by atoms with Crippen molar-refractivity contribution in [3.63, 3.8) is 0 Å². The number of aromatic nitrogens is 5. The van der Waals surface area contributed by atoms with Crippen molar-refractivity contribution in [3.05, 3.63) is 41.1 Å². The van der Waals surface area contributed by atoms with Gasteiger partial charge in [-0.15, -0.1) is 15.3 Å². The highest BCUT2D eigenvalue weighted by atomic mass is 32.1. The summed E-state index contributed by atoms with van der Waals surface area (Å²) >= 11 is 1.26. The number of hydrogen-bond donors (Lipinski definition) is 2. The summed E-state index contributed by atoms with van der Waals surface area (Å²) in [5, 5.41) is 23.1. The van der Waals surface area contributed by atoms with E-state index in [1.165, 1.54) is 11.3 Å². The largest absolute Gasteiger partial charge is 0.465 e. The van der Waals surface area contributed by atoms with Crippen molar-refractivity contribution in [2.45, 2.75) is 18.9 Å². The second kappa shape index (κ2) is 7.58. The fourth-order valence-electron chi connectivity index (χ4n) is 2.67. The van der Waals surface area contributed by atoms with Crippen molar-refractivity contribution < 1.29 is 9.21 Å². The van der Waals surface area contributed by atoms with E-state index in [-0.39, 0.29) is 17.6 Å². The Morgan fingerprint density at radius 2 is 2.35 bits per heavy atom. The zero-order valence-corrected chi connectivity index (χ0v) is 14.6. The Hall–Kier alpha value is -2.85. The van der Waals surface area contributed by atoms with Crippen molar-refractivity contribution in [3.8, 4) is 0 Å². The highest BCUT2D eigenvalue weighted by molar-refractivity contribution is 7.16. The lowest BCUT2D eigenvalue weighted by molar-refractivity contribution is 0.102. The van der Waals surface area contributed by atoms with Crippen LogP contribution in [-0.4, -0.2) is 44.2 Å². The van der Waals surface area contributed by atoms with E-state index in [0.717, 1.165) is 31.7 Å². The summed E-state index contributed by atoms with van der Waals surface area (Å²) in [5.74, 6) is 0.373. The standard InChI is InChI=1S/C16H17N7O2S/c24-15(13-10-23(22-19-13)11-3-1-7-17-9-11)18-16-21-20-14(26-16)6-5-12-4-2-8-25-12/h2,4-6,8,10-11,17H,1,3,7,9H2,(H,18,21,24)/b6-5+. The van der Waals surface area contributed by atoms with Gasteiger partial charge < -0.3 is 9.73 Å². The highest BCUT2D eigenvalue weighted by Gasteiger charge is 2.19. The van der Waals surface area contributed by atoms with E-state index in [1.54, 1.807) is 29.3 Å². The first kappa shape index (κ1) is 16.6. The van der Waals surface area contributed by atoms with Gasteiger partial charge >= 0.3 is 0 Å². The molecule has 2 N–H and O–H groups in total. The van der Waals surface area contributed by atoms with Crippen LogP contribution >= 0.6 is 11.3 Å². The Kier molecular flexibility index (Phi) is 4.84. The molecule has 0 bridgehead atoms. The van der Waals surface area contributed by atoms with E-state index < -0.39 is 0 Å². The number of hydrogen-bond acceptors (Lipinski definition) is 8. The first-order chi connectivity index (χ1) is 12.8. The molecular formula is C16H17N7O2S. The zero-order chi connectivity index (χ0) is 17.8. The third-order valence-corrected chi connectivity index (χ3v) is 4.79. The fraction of sp³-hybridized carbons (Fsp3) is 0.312. The first-order valence-electron chi connectivity index (χ1n) is 8.27. The molecule has 1 aliphatic rings. The van der Waals surface area contributed by atoms with Gasteiger partial charge in [0.2, 0.25) is 5.13 Å². The maximum Gasteiger partial charge on any atom is 0.279 e. The van der Waals surface area contributed by atoms with Gasteiger partial charge in [-0.05, 0) is 43.7 Å². The molecule has 9 nitrogen and oxygen atoms in total. The predicted molar refractivity (Wildman–Crippen MR) is 96.7 cm³/mol. The second-order valence-electron chi connectivity index (χ2n) is 5.83. The monoisotopic (exact) mass is 371 g/mol. The molecule has 10 heteroatoms. The summed E-state index contributed by atoms with van der Waals surface area (Å²) < 4.78 is 6.96. The molecule has 4 rings (SSSR count). The summed E-state index contributed by atoms with van der Waals surface area (Å²) in [4.78, 5) is 12.3. The fourth-order valence-corrected chi connectivity index (χ4v) is 3.31. The van der Waals surface area contributed by atoms with Crippen molar-refractivity contribution in [1.82, 2.24) is 30.5 Å². The molecule has 3 aromatic rings. The van der Waals surface area contributed by atoms with Crippen LogP contribution in [0, 0.1) is 0 Å². The smallest absolute Gasteiger partial charge is 0.279 e. The molecule has 26 heavy (non-hydrogen) atoms. The van der Waals surface area contributed by atoms with Gasteiger partial charge in [0.15, 0.2) is 5.69 Å². The van der Waals surface area contributed by atoms with E-state index in [4.69, 9.17) is 4.42 Å². The average Bonchev–Trinajstić information content (AvgIpc) is 3.42. The number of furan rings is 1. The normalized spacial score (nSPS) is 17.6. The molecule has 3 aromatic heterocycles. The Labute approximate surface area is 153 Å². The number of carbonyl (C=O) groups is 1. The molecule has 0 saturated carbocycles. The van der Waals surface area contributed by atoms with Crippen molar-refractivity contribution in [2.24, 2.45) is 0 Å². The molecule has 4 heterocycles. The summed E-state index contributed by atoms with van der Waals surface area (Å²) in [6.07, 6.45) is 8.95. The number of nitrogens with zero attached hydrogens (tertiary/aromatic N) is 5. The summed E-state index contributed by atoms with van der Waals surface area (Å²) in [7, 11) is 0. The Morgan fingerprint density at radius 1 is 1.38 bits per heavy atom. The molecule has 0 spiro atoms. The summed E-state index contributed by atoms with van der Waals surface area (Å²) in [6.45, 7) is 1.86. The lowest BCUT2D eigenvalue weighted by atomic mass is 10.1. The van der Waals surface area contributed by atoms with Gasteiger partial charge in [0.25, 0.3) is 5.91 Å². The van der Waals surface area contributed by atoms with Crippen molar-refractivity contribution >= 4 is 34.5 Å². The van der Waals surface area contributed by atoms with Crippen LogP contribution in [0.25, 0.3) is 12.2 Å². The molecule has 1 saturated heterocycles. The summed E-state index contributed by atoms with van der Waals surface area (Å²) in [5.41, 5.74) is 0.262. The number of piperidine rings is 1. The average molecular weight is 371 g/mol. The van der Waals surface area contributed by atoms with Gasteiger partial charge in [-0.1, -0.05) is 16.6 Å². The van der Waals surface area contributed by atoms with Gasteiger partial charge in [-0.25, -0.2) is 4.68 Å². The lowest BCUT2D eigenvalue weighted by Crippen LogP contribution is -2.31. The quantitative estimate of drug-likeness (QED) is 0.706. The molecule has 1 fully saturated rings. The Balaban J connectivity index is 1.38. The SMILES string of the molecule is O=C(Nc1nnc(/C=C/c2ccco2)s1)c1cn(C2CCCNC2)nn1. The van der Waals surface area contributed by atoms with Gasteiger partial charge in [-0.3, -0.25) is 10.1 Å². The minimum absolute atomic E-state index is 0.234. The maximum absolute atomic E-state index is 12.3. The lowest BCUT2D eigenvalue weighted by Gasteiger charge is -2.22. The van der Waals surface area contributed by atoms with E-state index >= 15 is 0 Å². The molecule has 1 aliphatic heterocycles. The Bertz CT molecular complexity index is 894. The maximum atomic E-state index is 12.3. The molecule has 0 radical (unpaired) electrons. The predicted octanol–water partition coefficient (Wildman–Crippen LogP) is 2.07. The topological polar surface area (TPSA) is 111 Å². The molecule has 0 aromatic carbocycles. The summed E-state index contributed by atoms with van der Waals surface area (Å²) in [6, 6.07) is 3.88. The molecule has 1 unspecified atom stereocenters. The number of amides is 1. The van der Waals surface area contributed by atoms with E-state index in [0.29, 0.717) is 10.1 Å². The molecule has 1 amide bonds. The third kappa shape index (κ3) is 3.86. The van der Waals surface area contributed by atoms with Crippen LogP contribution in [0.2, 0.25) is 0 Å². The van der Waals surface area contributed by atoms with Gasteiger partial charge in [0, 0.05) is 6.54 Å². The Morgan fingerprint density at radius 3 is 3.15 bits per heavy atom. The van der Waals surface area contributed by atoms with Crippen molar-refractivity contribution in [1.29, 1.82) is 0 Å². The molecule has 0 aliphatic carbocycles. The van der Waals surface area contributed by atoms with Crippen LogP contribution in [0.1, 0.15) is 40.1 Å².